The second-order valence-corrected chi connectivity index (χ2v) is 10.5. The third kappa shape index (κ3) is 3.86. The molecule has 1 unspecified atom stereocenters. The van der Waals surface area contributed by atoms with Crippen molar-refractivity contribution >= 4 is 31.3 Å². The lowest BCUT2D eigenvalue weighted by Gasteiger charge is -2.34. The fraction of sp³-hybridized carbons (Fsp3) is 0.360. The second kappa shape index (κ2) is 8.65. The van der Waals surface area contributed by atoms with Gasteiger partial charge in [0, 0.05) is 22.1 Å². The molecule has 4 heterocycles. The number of aromatic nitrogens is 2. The zero-order chi connectivity index (χ0) is 25.8. The summed E-state index contributed by atoms with van der Waals surface area (Å²) in [5, 5.41) is 5.05. The molecule has 0 fully saturated rings. The monoisotopic (exact) mass is 511 g/mol. The van der Waals surface area contributed by atoms with Crippen molar-refractivity contribution < 1.29 is 28.4 Å². The lowest BCUT2D eigenvalue weighted by molar-refractivity contribution is -0.169. The number of para-hydroxylation sites is 1. The van der Waals surface area contributed by atoms with Crippen LogP contribution in [0, 0.1) is 0 Å². The number of hydrogen-bond donors (Lipinski definition) is 1. The van der Waals surface area contributed by atoms with Crippen molar-refractivity contribution in [1.82, 2.24) is 9.55 Å². The van der Waals surface area contributed by atoms with E-state index in [0.717, 1.165) is 16.5 Å². The average Bonchev–Trinajstić information content (AvgIpc) is 3.18. The van der Waals surface area contributed by atoms with Crippen molar-refractivity contribution in [2.75, 3.05) is 0 Å². The van der Waals surface area contributed by atoms with Gasteiger partial charge in [0.15, 0.2) is 5.60 Å². The van der Waals surface area contributed by atoms with Gasteiger partial charge in [-0.1, -0.05) is 30.3 Å². The van der Waals surface area contributed by atoms with Gasteiger partial charge in [-0.05, 0) is 39.3 Å². The predicted octanol–water partition coefficient (Wildman–Crippen LogP) is 3.63. The molecule has 2 aliphatic heterocycles. The summed E-state index contributed by atoms with van der Waals surface area (Å²) in [5.41, 5.74) is 1.04. The molecule has 0 amide bonds. The minimum Gasteiger partial charge on any atom is -0.458 e. The van der Waals surface area contributed by atoms with E-state index in [0.29, 0.717) is 16.9 Å². The molecule has 2 aromatic heterocycles. The van der Waals surface area contributed by atoms with Crippen molar-refractivity contribution in [2.45, 2.75) is 58.5 Å². The van der Waals surface area contributed by atoms with E-state index >= 15 is 0 Å². The van der Waals surface area contributed by atoms with Crippen LogP contribution in [0.15, 0.2) is 40.3 Å². The predicted molar refractivity (Wildman–Crippen MR) is 133 cm³/mol. The number of nitrogens with zero attached hydrogens (tertiary/aromatic N) is 3. The lowest BCUT2D eigenvalue weighted by atomic mass is 9.86. The number of carbonyl (C=O) groups is 1. The normalized spacial score (nSPS) is 19.6. The van der Waals surface area contributed by atoms with Crippen molar-refractivity contribution in [3.05, 3.63) is 62.9 Å². The zero-order valence-corrected chi connectivity index (χ0v) is 21.3. The minimum atomic E-state index is -3.53. The quantitative estimate of drug-likeness (QED) is 0.186. The van der Waals surface area contributed by atoms with Gasteiger partial charge in [0.2, 0.25) is 0 Å². The van der Waals surface area contributed by atoms with E-state index in [2.05, 4.69) is 5.16 Å². The minimum absolute atomic E-state index is 0.0126. The van der Waals surface area contributed by atoms with E-state index in [-0.39, 0.29) is 36.3 Å². The highest BCUT2D eigenvalue weighted by atomic mass is 31.1. The first kappa shape index (κ1) is 24.4. The molecule has 5 rings (SSSR count). The first-order valence-corrected chi connectivity index (χ1v) is 12.8. The molecular formula is C25H26N3O7P. The summed E-state index contributed by atoms with van der Waals surface area (Å²) in [6, 6.07) is 9.23. The maximum Gasteiger partial charge on any atom is 0.344 e. The van der Waals surface area contributed by atoms with Crippen LogP contribution in [0.5, 0.6) is 0 Å². The summed E-state index contributed by atoms with van der Waals surface area (Å²) in [5.74, 6) is -0.800. The molecule has 0 saturated carbocycles. The Hall–Kier alpha value is -3.33. The smallest absolute Gasteiger partial charge is 0.344 e. The molecule has 0 aliphatic carbocycles. The van der Waals surface area contributed by atoms with Gasteiger partial charge in [-0.2, -0.15) is 0 Å². The second-order valence-electron chi connectivity index (χ2n) is 9.75. The molecule has 0 spiro atoms. The number of esters is 1. The Balaban J connectivity index is 1.76. The molecule has 1 aromatic carbocycles. The number of ether oxygens (including phenoxy) is 1. The van der Waals surface area contributed by atoms with E-state index in [9.17, 15) is 19.0 Å². The van der Waals surface area contributed by atoms with Crippen molar-refractivity contribution in [3.8, 4) is 11.4 Å². The Morgan fingerprint density at radius 3 is 2.72 bits per heavy atom. The Morgan fingerprint density at radius 2 is 2.03 bits per heavy atom. The van der Waals surface area contributed by atoms with E-state index in [1.807, 2.05) is 45.0 Å². The van der Waals surface area contributed by atoms with Crippen LogP contribution in [0.25, 0.3) is 22.3 Å². The van der Waals surface area contributed by atoms with E-state index < -0.39 is 25.4 Å². The van der Waals surface area contributed by atoms with Crippen LogP contribution >= 0.6 is 8.25 Å². The molecule has 2 aliphatic rings. The number of carbonyl (C=O) groups excluding carboxylic acids is 1. The molecule has 0 bridgehead atoms. The van der Waals surface area contributed by atoms with Crippen LogP contribution in [0.2, 0.25) is 0 Å². The first-order valence-electron chi connectivity index (χ1n) is 11.6. The molecule has 11 heteroatoms. The number of cyclic esters (lactones) is 1. The number of rotatable bonds is 5. The van der Waals surface area contributed by atoms with Crippen LogP contribution in [0.1, 0.15) is 56.4 Å². The Kier molecular flexibility index (Phi) is 5.86. The molecule has 1 N–H and O–H groups in total. The number of benzene rings is 1. The van der Waals surface area contributed by atoms with Crippen LogP contribution in [0.4, 0.5) is 0 Å². The van der Waals surface area contributed by atoms with Gasteiger partial charge >= 0.3 is 14.2 Å². The zero-order valence-electron chi connectivity index (χ0n) is 20.3. The molecule has 10 nitrogen and oxygen atoms in total. The molecule has 0 saturated heterocycles. The van der Waals surface area contributed by atoms with Gasteiger partial charge in [-0.25, -0.2) is 9.78 Å². The van der Waals surface area contributed by atoms with Gasteiger partial charge in [-0.15, -0.1) is 0 Å². The number of hydrogen-bond acceptors (Lipinski definition) is 8. The molecule has 2 atom stereocenters. The topological polar surface area (TPSA) is 129 Å². The van der Waals surface area contributed by atoms with Gasteiger partial charge in [-0.3, -0.25) is 13.9 Å². The van der Waals surface area contributed by atoms with Gasteiger partial charge < -0.3 is 19.0 Å². The molecular weight excluding hydrogens is 485 g/mol. The molecule has 36 heavy (non-hydrogen) atoms. The highest BCUT2D eigenvalue weighted by molar-refractivity contribution is 7.32. The maximum absolute atomic E-state index is 13.6. The lowest BCUT2D eigenvalue weighted by Crippen LogP contribution is -2.45. The third-order valence-electron chi connectivity index (χ3n) is 6.38. The molecule has 188 valence electrons. The third-order valence-corrected chi connectivity index (χ3v) is 6.90. The van der Waals surface area contributed by atoms with E-state index in [1.165, 1.54) is 0 Å². The Morgan fingerprint density at radius 1 is 1.28 bits per heavy atom. The highest BCUT2D eigenvalue weighted by Gasteiger charge is 2.49. The highest BCUT2D eigenvalue weighted by Crippen LogP contribution is 2.45. The van der Waals surface area contributed by atoms with Gasteiger partial charge in [0.25, 0.3) is 5.56 Å². The van der Waals surface area contributed by atoms with Crippen LogP contribution in [-0.2, 0) is 42.2 Å². The first-order chi connectivity index (χ1) is 17.1. The summed E-state index contributed by atoms with van der Waals surface area (Å²) in [4.78, 5) is 46.4. The van der Waals surface area contributed by atoms with Gasteiger partial charge in [0.05, 0.1) is 35.2 Å². The summed E-state index contributed by atoms with van der Waals surface area (Å²) < 4.78 is 23.8. The summed E-state index contributed by atoms with van der Waals surface area (Å²) in [7, 11) is -3.53. The molecule has 0 radical (unpaired) electrons. The van der Waals surface area contributed by atoms with Crippen LogP contribution in [-0.4, -0.2) is 32.2 Å². The van der Waals surface area contributed by atoms with Crippen LogP contribution < -0.4 is 5.56 Å². The average molecular weight is 511 g/mol. The Labute approximate surface area is 207 Å². The fourth-order valence-electron chi connectivity index (χ4n) is 4.75. The van der Waals surface area contributed by atoms with Crippen molar-refractivity contribution in [2.24, 2.45) is 5.16 Å². The standard InChI is InChI=1S/C25H26N3O7P/c1-5-25(35-36(31)32)18-10-20-21-16(12-28(20)22(29)17(18)13-33-23(25)30)15(11-26-34-24(2,3)4)14-8-6-7-9-19(14)27-21/h6-11,36H,5,12-13H2,1-4H3,(H,31,32)/b26-11+/t25-/m0/s1. The summed E-state index contributed by atoms with van der Waals surface area (Å²) >= 11 is 0. The van der Waals surface area contributed by atoms with E-state index in [4.69, 9.17) is 19.1 Å². The van der Waals surface area contributed by atoms with E-state index in [1.54, 1.807) is 23.8 Å². The largest absolute Gasteiger partial charge is 0.458 e. The fourth-order valence-corrected chi connectivity index (χ4v) is 5.39. The van der Waals surface area contributed by atoms with Crippen LogP contribution in [0.3, 0.4) is 0 Å². The summed E-state index contributed by atoms with van der Waals surface area (Å²) in [6.07, 6.45) is 1.65. The maximum atomic E-state index is 13.6. The number of oxime groups is 1. The van der Waals surface area contributed by atoms with Crippen molar-refractivity contribution in [3.63, 3.8) is 0 Å². The number of pyridine rings is 2. The number of fused-ring (bicyclic) bond motifs is 5. The summed E-state index contributed by atoms with van der Waals surface area (Å²) in [6.45, 7) is 7.30. The van der Waals surface area contributed by atoms with Gasteiger partial charge in [0.1, 0.15) is 12.2 Å². The SMILES string of the molecule is CC[C@@]1(O[PH](=O)O)C(=O)OCc2c1cc1n(c2=O)Cc2c-1nc1ccccc1c2/C=N/OC(C)(C)C. The Bertz CT molecular complexity index is 1520. The van der Waals surface area contributed by atoms with Crippen molar-refractivity contribution in [1.29, 1.82) is 0 Å². The molecule has 3 aromatic rings.